The molecule has 0 spiro atoms. The van der Waals surface area contributed by atoms with Crippen LogP contribution in [0.4, 0.5) is 0 Å². The Bertz CT molecular complexity index is 2510. The highest BCUT2D eigenvalue weighted by molar-refractivity contribution is 6.24. The zero-order valence-corrected chi connectivity index (χ0v) is 25.8. The zero-order valence-electron chi connectivity index (χ0n) is 25.8. The van der Waals surface area contributed by atoms with Gasteiger partial charge in [0.05, 0.1) is 5.52 Å². The second kappa shape index (κ2) is 11.6. The van der Waals surface area contributed by atoms with E-state index in [1.165, 1.54) is 10.8 Å². The summed E-state index contributed by atoms with van der Waals surface area (Å²) in [5.74, 6) is 2.63. The molecule has 0 bridgehead atoms. The van der Waals surface area contributed by atoms with Gasteiger partial charge in [-0.05, 0) is 33.4 Å². The Kier molecular flexibility index (Phi) is 6.72. The minimum atomic E-state index is 0.632. The van der Waals surface area contributed by atoms with Gasteiger partial charge in [-0.1, -0.05) is 152 Å². The lowest BCUT2D eigenvalue weighted by Gasteiger charge is -2.11. The highest BCUT2D eigenvalue weighted by Gasteiger charge is 2.14. The molecule has 7 aromatic carbocycles. The van der Waals surface area contributed by atoms with E-state index in [1.54, 1.807) is 0 Å². The molecule has 0 saturated carbocycles. The number of benzene rings is 7. The molecule has 48 heavy (non-hydrogen) atoms. The highest BCUT2D eigenvalue weighted by Crippen LogP contribution is 2.35. The SMILES string of the molecule is c1ccc(-c2nc(-c3ccccc3)nc(-c3ccc(-c4cccc(-c5ncc6c7ccccc7c7ccccc7c6n5)c4)cc3)n2)cc1. The summed E-state index contributed by atoms with van der Waals surface area (Å²) in [7, 11) is 0. The fraction of sp³-hybridized carbons (Fsp3) is 0. The average Bonchev–Trinajstić information content (AvgIpc) is 3.18. The molecular formula is C43H27N5. The predicted molar refractivity (Wildman–Crippen MR) is 195 cm³/mol. The Morgan fingerprint density at radius 3 is 1.31 bits per heavy atom. The topological polar surface area (TPSA) is 64.5 Å². The molecule has 0 aliphatic rings. The van der Waals surface area contributed by atoms with Crippen LogP contribution in [0.3, 0.4) is 0 Å². The molecule has 0 aliphatic carbocycles. The first kappa shape index (κ1) is 27.7. The number of rotatable bonds is 5. The van der Waals surface area contributed by atoms with Gasteiger partial charge in [-0.3, -0.25) is 0 Å². The lowest BCUT2D eigenvalue weighted by Crippen LogP contribution is -2.00. The van der Waals surface area contributed by atoms with Crippen LogP contribution in [0.15, 0.2) is 164 Å². The van der Waals surface area contributed by atoms with Crippen LogP contribution in [0.5, 0.6) is 0 Å². The number of hydrogen-bond acceptors (Lipinski definition) is 5. The van der Waals surface area contributed by atoms with Crippen LogP contribution < -0.4 is 0 Å². The van der Waals surface area contributed by atoms with Gasteiger partial charge in [-0.2, -0.15) is 0 Å². The fourth-order valence-electron chi connectivity index (χ4n) is 6.39. The first-order chi connectivity index (χ1) is 23.8. The molecule has 0 atom stereocenters. The van der Waals surface area contributed by atoms with E-state index in [9.17, 15) is 0 Å². The van der Waals surface area contributed by atoms with Crippen LogP contribution in [-0.4, -0.2) is 24.9 Å². The van der Waals surface area contributed by atoms with Crippen molar-refractivity contribution in [2.75, 3.05) is 0 Å². The summed E-state index contributed by atoms with van der Waals surface area (Å²) in [5, 5.41) is 5.77. The third-order valence-electron chi connectivity index (χ3n) is 8.77. The molecule has 0 radical (unpaired) electrons. The van der Waals surface area contributed by atoms with Gasteiger partial charge in [0.25, 0.3) is 0 Å². The van der Waals surface area contributed by atoms with Crippen LogP contribution >= 0.6 is 0 Å². The van der Waals surface area contributed by atoms with E-state index in [0.717, 1.165) is 55.1 Å². The molecule has 2 aromatic heterocycles. The molecular weight excluding hydrogens is 587 g/mol. The molecule has 2 heterocycles. The van der Waals surface area contributed by atoms with E-state index < -0.39 is 0 Å². The smallest absolute Gasteiger partial charge is 0.164 e. The number of nitrogens with zero attached hydrogens (tertiary/aromatic N) is 5. The normalized spacial score (nSPS) is 11.3. The van der Waals surface area contributed by atoms with Gasteiger partial charge >= 0.3 is 0 Å². The Labute approximate surface area is 277 Å². The first-order valence-electron chi connectivity index (χ1n) is 15.9. The predicted octanol–water partition coefficient (Wildman–Crippen LogP) is 10.5. The van der Waals surface area contributed by atoms with E-state index in [-0.39, 0.29) is 0 Å². The molecule has 9 aromatic rings. The fourth-order valence-corrected chi connectivity index (χ4v) is 6.39. The molecule has 0 amide bonds. The van der Waals surface area contributed by atoms with Crippen molar-refractivity contribution < 1.29 is 0 Å². The summed E-state index contributed by atoms with van der Waals surface area (Å²) in [6, 6.07) is 53.8. The van der Waals surface area contributed by atoms with Crippen molar-refractivity contribution in [1.29, 1.82) is 0 Å². The maximum Gasteiger partial charge on any atom is 0.164 e. The van der Waals surface area contributed by atoms with Crippen LogP contribution in [0.1, 0.15) is 0 Å². The summed E-state index contributed by atoms with van der Waals surface area (Å²) in [6.07, 6.45) is 1.97. The minimum absolute atomic E-state index is 0.632. The Morgan fingerprint density at radius 2 is 0.708 bits per heavy atom. The molecule has 0 aliphatic heterocycles. The molecule has 0 N–H and O–H groups in total. The van der Waals surface area contributed by atoms with Gasteiger partial charge in [0.1, 0.15) is 0 Å². The molecule has 224 valence electrons. The standard InChI is InChI=1S/C43H27N5/c1-3-12-29(13-4-1)41-46-42(30-14-5-2-6-15-30)48-43(47-41)31-24-22-28(23-25-31)32-16-11-17-33(26-32)40-44-27-38-36-20-8-7-18-34(36)35-19-9-10-21-37(35)39(38)45-40/h1-27H. The highest BCUT2D eigenvalue weighted by atomic mass is 15.0. The maximum atomic E-state index is 5.15. The largest absolute Gasteiger partial charge is 0.236 e. The van der Waals surface area contributed by atoms with Crippen LogP contribution in [0, 0.1) is 0 Å². The third-order valence-corrected chi connectivity index (χ3v) is 8.77. The van der Waals surface area contributed by atoms with Crippen LogP contribution in [-0.2, 0) is 0 Å². The third kappa shape index (κ3) is 4.95. The van der Waals surface area contributed by atoms with E-state index in [4.69, 9.17) is 24.9 Å². The van der Waals surface area contributed by atoms with Crippen molar-refractivity contribution >= 4 is 32.4 Å². The van der Waals surface area contributed by atoms with E-state index >= 15 is 0 Å². The lowest BCUT2D eigenvalue weighted by atomic mass is 9.97. The van der Waals surface area contributed by atoms with Gasteiger partial charge < -0.3 is 0 Å². The molecule has 5 nitrogen and oxygen atoms in total. The lowest BCUT2D eigenvalue weighted by molar-refractivity contribution is 1.07. The zero-order chi connectivity index (χ0) is 31.9. The van der Waals surface area contributed by atoms with Crippen molar-refractivity contribution in [3.8, 4) is 56.7 Å². The molecule has 0 unspecified atom stereocenters. The van der Waals surface area contributed by atoms with E-state index in [0.29, 0.717) is 23.3 Å². The molecule has 9 rings (SSSR count). The summed E-state index contributed by atoms with van der Waals surface area (Å²) >= 11 is 0. The van der Waals surface area contributed by atoms with Crippen LogP contribution in [0.25, 0.3) is 89.1 Å². The number of fused-ring (bicyclic) bond motifs is 6. The minimum Gasteiger partial charge on any atom is -0.236 e. The van der Waals surface area contributed by atoms with Crippen molar-refractivity contribution in [2.24, 2.45) is 0 Å². The number of aromatic nitrogens is 5. The maximum absolute atomic E-state index is 5.15. The van der Waals surface area contributed by atoms with Gasteiger partial charge in [-0.15, -0.1) is 0 Å². The Morgan fingerprint density at radius 1 is 0.271 bits per heavy atom. The summed E-state index contributed by atoms with van der Waals surface area (Å²) in [5.41, 5.74) is 6.91. The van der Waals surface area contributed by atoms with Crippen molar-refractivity contribution in [3.05, 3.63) is 164 Å². The van der Waals surface area contributed by atoms with Crippen LogP contribution in [0.2, 0.25) is 0 Å². The van der Waals surface area contributed by atoms with E-state index in [1.807, 2.05) is 66.9 Å². The van der Waals surface area contributed by atoms with Crippen molar-refractivity contribution in [1.82, 2.24) is 24.9 Å². The van der Waals surface area contributed by atoms with Crippen molar-refractivity contribution in [3.63, 3.8) is 0 Å². The molecule has 0 fully saturated rings. The first-order valence-corrected chi connectivity index (χ1v) is 15.9. The van der Waals surface area contributed by atoms with Gasteiger partial charge in [-0.25, -0.2) is 24.9 Å². The second-order valence-electron chi connectivity index (χ2n) is 11.7. The Hall–Kier alpha value is -6.59. The summed E-state index contributed by atoms with van der Waals surface area (Å²) in [6.45, 7) is 0. The van der Waals surface area contributed by atoms with Crippen molar-refractivity contribution in [2.45, 2.75) is 0 Å². The van der Waals surface area contributed by atoms with E-state index in [2.05, 4.69) is 97.1 Å². The quantitative estimate of drug-likeness (QED) is 0.181. The summed E-state index contributed by atoms with van der Waals surface area (Å²) < 4.78 is 0. The Balaban J connectivity index is 1.09. The van der Waals surface area contributed by atoms with Gasteiger partial charge in [0, 0.05) is 39.2 Å². The number of hydrogen-bond donors (Lipinski definition) is 0. The van der Waals surface area contributed by atoms with Gasteiger partial charge in [0.15, 0.2) is 23.3 Å². The molecule has 0 saturated heterocycles. The second-order valence-corrected chi connectivity index (χ2v) is 11.7. The van der Waals surface area contributed by atoms with Gasteiger partial charge in [0.2, 0.25) is 0 Å². The average molecular weight is 614 g/mol. The monoisotopic (exact) mass is 613 g/mol. The summed E-state index contributed by atoms with van der Waals surface area (Å²) in [4.78, 5) is 24.6. The molecule has 5 heteroatoms.